The van der Waals surface area contributed by atoms with Crippen LogP contribution in [0.4, 0.5) is 18.9 Å². The van der Waals surface area contributed by atoms with E-state index in [9.17, 15) is 66.8 Å². The molecule has 21 nitrogen and oxygen atoms in total. The molecule has 3 amide bonds. The molecule has 62 heavy (non-hydrogen) atoms. The van der Waals surface area contributed by atoms with Gasteiger partial charge in [-0.2, -0.15) is 0 Å². The molecule has 0 fully saturated rings. The maximum Gasteiger partial charge on any atom is 0.573 e. The first kappa shape index (κ1) is 50.3. The van der Waals surface area contributed by atoms with Gasteiger partial charge in [-0.1, -0.05) is 0 Å². The van der Waals surface area contributed by atoms with Gasteiger partial charge < -0.3 is 61.8 Å². The van der Waals surface area contributed by atoms with Gasteiger partial charge in [0.1, 0.15) is 23.4 Å². The average molecular weight is 918 g/mol. The molecule has 10 N–H and O–H groups in total. The second-order valence-electron chi connectivity index (χ2n) is 12.9. The van der Waals surface area contributed by atoms with Crippen molar-refractivity contribution in [2.24, 2.45) is 0 Å². The first-order valence-electron chi connectivity index (χ1n) is 18.0. The number of nitrogens with one attached hydrogen (secondary N) is 5. The van der Waals surface area contributed by atoms with Crippen molar-refractivity contribution in [3.63, 3.8) is 0 Å². The van der Waals surface area contributed by atoms with E-state index in [-0.39, 0.29) is 54.6 Å². The summed E-state index contributed by atoms with van der Waals surface area (Å²) in [6.45, 7) is -1.49. The van der Waals surface area contributed by atoms with Crippen LogP contribution in [0.25, 0.3) is 0 Å². The van der Waals surface area contributed by atoms with Gasteiger partial charge >= 0.3 is 36.2 Å². The normalized spacial score (nSPS) is 14.3. The molecule has 0 unspecified atom stereocenters. The molecule has 0 aliphatic carbocycles. The van der Waals surface area contributed by atoms with Crippen molar-refractivity contribution in [3.8, 4) is 5.75 Å². The topological polar surface area (TPSA) is 314 Å². The zero-order valence-electron chi connectivity index (χ0n) is 32.3. The largest absolute Gasteiger partial charge is 0.573 e. The molecule has 0 radical (unpaired) electrons. The minimum Gasteiger partial charge on any atom is -0.480 e. The number of amides is 3. The van der Waals surface area contributed by atoms with Crippen molar-refractivity contribution in [1.82, 2.24) is 31.5 Å². The molecule has 1 aliphatic rings. The third-order valence-electron chi connectivity index (χ3n) is 8.17. The minimum absolute atomic E-state index is 0.0338. The third kappa shape index (κ3) is 17.9. The SMILES string of the molecule is O=C(O)CN(CCNCCNCC(=O)N(CC(=O)O)c1ccc(SCC2=C(C(=O)O)N[C@@H]([C@H](NC(=O)CNC(=O)c3ccc(OC(F)(F)F)cc3)C(=O)O)SC2)cc1)CC(=O)O. The molecule has 2 atom stereocenters. The van der Waals surface area contributed by atoms with Crippen LogP contribution in [0.15, 0.2) is 64.7 Å². The number of thioether (sulfide) groups is 2. The lowest BCUT2D eigenvalue weighted by Crippen LogP contribution is -2.56. The summed E-state index contributed by atoms with van der Waals surface area (Å²) in [5.41, 5.74) is 0.218. The van der Waals surface area contributed by atoms with Crippen molar-refractivity contribution in [3.05, 3.63) is 65.4 Å². The molecule has 1 aliphatic heterocycles. The maximum atomic E-state index is 13.0. The Bertz CT molecular complexity index is 1960. The van der Waals surface area contributed by atoms with E-state index in [4.69, 9.17) is 10.2 Å². The van der Waals surface area contributed by atoms with Crippen molar-refractivity contribution in [2.75, 3.05) is 75.3 Å². The molecule has 26 heteroatoms. The molecule has 0 aromatic heterocycles. The molecule has 0 saturated heterocycles. The number of anilines is 1. The minimum atomic E-state index is -4.94. The van der Waals surface area contributed by atoms with E-state index in [0.717, 1.165) is 40.9 Å². The quantitative estimate of drug-likeness (QED) is 0.0430. The van der Waals surface area contributed by atoms with Crippen LogP contribution >= 0.6 is 23.5 Å². The number of ether oxygens (including phenoxy) is 1. The van der Waals surface area contributed by atoms with Crippen LogP contribution in [0, 0.1) is 0 Å². The highest BCUT2D eigenvalue weighted by Crippen LogP contribution is 2.31. The summed E-state index contributed by atoms with van der Waals surface area (Å²) in [4.78, 5) is 98.7. The molecule has 2 aromatic rings. The van der Waals surface area contributed by atoms with Gasteiger partial charge in [-0.25, -0.2) is 9.59 Å². The first-order valence-corrected chi connectivity index (χ1v) is 20.1. The summed E-state index contributed by atoms with van der Waals surface area (Å²) in [6.07, 6.45) is -4.94. The number of carboxylic acid groups (broad SMARTS) is 5. The highest BCUT2D eigenvalue weighted by Gasteiger charge is 2.36. The first-order chi connectivity index (χ1) is 29.2. The Hall–Kier alpha value is -6.09. The molecule has 3 rings (SSSR count). The molecule has 0 saturated carbocycles. The van der Waals surface area contributed by atoms with Crippen molar-refractivity contribution in [1.29, 1.82) is 0 Å². The fraction of sp³-hybridized carbons (Fsp3) is 0.389. The highest BCUT2D eigenvalue weighted by molar-refractivity contribution is 8.01. The molecular formula is C36H42F3N7O14S2. The molecule has 0 bridgehead atoms. The Morgan fingerprint density at radius 3 is 2.00 bits per heavy atom. The lowest BCUT2D eigenvalue weighted by atomic mass is 10.2. The van der Waals surface area contributed by atoms with Crippen molar-refractivity contribution < 1.29 is 81.8 Å². The number of carbonyl (C=O) groups excluding carboxylic acids is 3. The number of hydrogen-bond acceptors (Lipinski definition) is 15. The number of halogens is 3. The van der Waals surface area contributed by atoms with Gasteiger partial charge in [0, 0.05) is 53.8 Å². The van der Waals surface area contributed by atoms with Crippen LogP contribution in [0.3, 0.4) is 0 Å². The lowest BCUT2D eigenvalue weighted by Gasteiger charge is -2.31. The van der Waals surface area contributed by atoms with E-state index >= 15 is 0 Å². The monoisotopic (exact) mass is 917 g/mol. The van der Waals surface area contributed by atoms with Crippen LogP contribution in [-0.4, -0.2) is 166 Å². The summed E-state index contributed by atoms with van der Waals surface area (Å²) in [5, 5.41) is 58.9. The Morgan fingerprint density at radius 2 is 1.44 bits per heavy atom. The number of benzene rings is 2. The predicted octanol–water partition coefficient (Wildman–Crippen LogP) is -0.254. The predicted molar refractivity (Wildman–Crippen MR) is 214 cm³/mol. The van der Waals surface area contributed by atoms with E-state index in [0.29, 0.717) is 17.0 Å². The lowest BCUT2D eigenvalue weighted by molar-refractivity contribution is -0.274. The number of rotatable bonds is 26. The number of nitrogens with zero attached hydrogens (tertiary/aromatic N) is 2. The number of aliphatic carboxylic acids is 5. The Kier molecular flexibility index (Phi) is 19.8. The summed E-state index contributed by atoms with van der Waals surface area (Å²) in [6, 6.07) is 8.35. The maximum absolute atomic E-state index is 13.0. The van der Waals surface area contributed by atoms with Gasteiger partial charge in [0.15, 0.2) is 6.04 Å². The Labute approximate surface area is 358 Å². The molecule has 2 aromatic carbocycles. The average Bonchev–Trinajstić information content (AvgIpc) is 3.19. The molecular weight excluding hydrogens is 876 g/mol. The second kappa shape index (κ2) is 24.4. The number of alkyl halides is 3. The van der Waals surface area contributed by atoms with E-state index in [2.05, 4.69) is 31.3 Å². The zero-order chi connectivity index (χ0) is 46.0. The number of carbonyl (C=O) groups is 8. The van der Waals surface area contributed by atoms with Crippen LogP contribution in [0.1, 0.15) is 10.4 Å². The number of carboxylic acids is 5. The van der Waals surface area contributed by atoms with Crippen LogP contribution in [0.2, 0.25) is 0 Å². The summed E-state index contributed by atoms with van der Waals surface area (Å²) < 4.78 is 40.9. The zero-order valence-corrected chi connectivity index (χ0v) is 33.9. The van der Waals surface area contributed by atoms with E-state index in [1.807, 2.05) is 0 Å². The van der Waals surface area contributed by atoms with Gasteiger partial charge in [0.25, 0.3) is 5.91 Å². The summed E-state index contributed by atoms with van der Waals surface area (Å²) >= 11 is 2.19. The van der Waals surface area contributed by atoms with E-state index in [1.165, 1.54) is 28.8 Å². The van der Waals surface area contributed by atoms with Gasteiger partial charge in [-0.15, -0.1) is 36.7 Å². The summed E-state index contributed by atoms with van der Waals surface area (Å²) in [7, 11) is 0. The van der Waals surface area contributed by atoms with Gasteiger partial charge in [0.05, 0.1) is 26.2 Å². The fourth-order valence-corrected chi connectivity index (χ4v) is 7.64. The molecule has 338 valence electrons. The standard InChI is InChI=1S/C36H42F3N7O14S2/c37-36(38,39)60-23-5-1-20(2-6-23)32(55)42-13-25(47)43-31(35(58)59)33-44-30(34(56)57)21(19-62-33)18-61-24-7-3-22(4-8-24)46(17-29(53)54)26(48)14-41-10-9-40-11-12-45(15-27(49)50)16-28(51)52/h1-8,31,33,40-41,44H,9-19H2,(H,42,55)(H,43,47)(H,49,50)(H,51,52)(H,53,54)(H,56,57)(H,58,59)/t31-,33+/m0/s1. The second-order valence-corrected chi connectivity index (χ2v) is 15.1. The van der Waals surface area contributed by atoms with Gasteiger partial charge in [0.2, 0.25) is 11.8 Å². The van der Waals surface area contributed by atoms with Gasteiger partial charge in [-0.3, -0.25) is 33.7 Å². The highest BCUT2D eigenvalue weighted by atomic mass is 32.2. The van der Waals surface area contributed by atoms with Gasteiger partial charge in [-0.05, 0) is 54.1 Å². The molecule has 0 spiro atoms. The number of hydrogen-bond donors (Lipinski definition) is 10. The third-order valence-corrected chi connectivity index (χ3v) is 10.5. The van der Waals surface area contributed by atoms with Crippen molar-refractivity contribution in [2.45, 2.75) is 22.7 Å². The van der Waals surface area contributed by atoms with Crippen molar-refractivity contribution >= 4 is 76.8 Å². The van der Waals surface area contributed by atoms with E-state index in [1.54, 1.807) is 12.1 Å². The molecule has 1 heterocycles. The van der Waals surface area contributed by atoms with Crippen LogP contribution < -0.4 is 36.2 Å². The van der Waals surface area contributed by atoms with Crippen LogP contribution in [0.5, 0.6) is 5.75 Å². The van der Waals surface area contributed by atoms with Crippen LogP contribution in [-0.2, 0) is 33.6 Å². The Balaban J connectivity index is 1.52. The van der Waals surface area contributed by atoms with E-state index < -0.39 is 97.3 Å². The fourth-order valence-electron chi connectivity index (χ4n) is 5.39. The Morgan fingerprint density at radius 1 is 0.823 bits per heavy atom. The summed E-state index contributed by atoms with van der Waals surface area (Å²) in [5.74, 6) is -9.35. The smallest absolute Gasteiger partial charge is 0.480 e.